The van der Waals surface area contributed by atoms with Gasteiger partial charge in [-0.2, -0.15) is 4.31 Å². The molecule has 5 heterocycles. The number of aromatic nitrogens is 6. The van der Waals surface area contributed by atoms with Crippen molar-refractivity contribution in [2.45, 2.75) is 17.9 Å². The van der Waals surface area contributed by atoms with E-state index in [-0.39, 0.29) is 16.8 Å². The summed E-state index contributed by atoms with van der Waals surface area (Å²) < 4.78 is 43.4. The molecule has 1 saturated heterocycles. The van der Waals surface area contributed by atoms with Crippen molar-refractivity contribution in [1.29, 1.82) is 0 Å². The van der Waals surface area contributed by atoms with Gasteiger partial charge in [0.2, 0.25) is 0 Å². The Labute approximate surface area is 200 Å². The van der Waals surface area contributed by atoms with Crippen LogP contribution in [0.15, 0.2) is 42.2 Å². The molecule has 0 unspecified atom stereocenters. The van der Waals surface area contributed by atoms with Crippen LogP contribution >= 0.6 is 11.6 Å². The van der Waals surface area contributed by atoms with Gasteiger partial charge in [-0.15, -0.1) is 0 Å². The number of hydrogen-bond donors (Lipinski definition) is 2. The molecule has 0 amide bonds. The number of anilines is 1. The summed E-state index contributed by atoms with van der Waals surface area (Å²) in [6, 6.07) is 1.74. The minimum Gasteiger partial charge on any atom is -0.367 e. The number of H-pyrrole nitrogens is 1. The smallest absolute Gasteiger partial charge is 0.262 e. The van der Waals surface area contributed by atoms with Gasteiger partial charge in [-0.3, -0.25) is 0 Å². The predicted molar refractivity (Wildman–Crippen MR) is 125 cm³/mol. The Balaban J connectivity index is 1.32. The molecule has 1 atom stereocenters. The number of piperidine rings is 1. The van der Waals surface area contributed by atoms with E-state index in [1.165, 1.54) is 23.0 Å². The first kappa shape index (κ1) is 22.7. The molecule has 1 aliphatic rings. The summed E-state index contributed by atoms with van der Waals surface area (Å²) in [5.74, 6) is -0.226. The molecule has 178 valence electrons. The summed E-state index contributed by atoms with van der Waals surface area (Å²) in [6.45, 7) is 1.11. The molecule has 10 nitrogen and oxygen atoms in total. The second-order valence-corrected chi connectivity index (χ2v) is 10.6. The molecule has 0 saturated carbocycles. The third kappa shape index (κ3) is 4.36. The number of rotatable bonds is 6. The monoisotopic (exact) mass is 504 g/mol. The molecule has 1 aliphatic heterocycles. The molecule has 4 aromatic heterocycles. The van der Waals surface area contributed by atoms with Crippen LogP contribution in [-0.2, 0) is 17.1 Å². The molecular weight excluding hydrogens is 483 g/mol. The largest absolute Gasteiger partial charge is 0.367 e. The summed E-state index contributed by atoms with van der Waals surface area (Å²) in [6.07, 6.45) is 8.81. The highest BCUT2D eigenvalue weighted by molar-refractivity contribution is 7.89. The van der Waals surface area contributed by atoms with Gasteiger partial charge in [0.05, 0.1) is 17.5 Å². The van der Waals surface area contributed by atoms with Crippen LogP contribution in [0.25, 0.3) is 22.4 Å². The zero-order valence-corrected chi connectivity index (χ0v) is 19.8. The van der Waals surface area contributed by atoms with Crippen molar-refractivity contribution in [3.63, 3.8) is 0 Å². The highest BCUT2D eigenvalue weighted by Crippen LogP contribution is 2.29. The molecule has 5 rings (SSSR count). The summed E-state index contributed by atoms with van der Waals surface area (Å²) in [7, 11) is -1.95. The fourth-order valence-electron chi connectivity index (χ4n) is 4.09. The molecule has 0 aromatic carbocycles. The number of halogens is 2. The maximum Gasteiger partial charge on any atom is 0.262 e. The van der Waals surface area contributed by atoms with Gasteiger partial charge in [-0.1, -0.05) is 11.6 Å². The standard InChI is InChI=1S/C21H22ClFN8O2S/c1-30-11-18(28-12-30)34(32,33)31-4-2-3-13(10-31)6-24-21-17(23)9-27-20(29-21)16-8-26-19-15(16)5-14(22)7-25-19/h5,7-9,11-13H,2-4,6,10H2,1H3,(H,25,26)(H,24,27,29)/t13-/m1/s1. The second kappa shape index (κ2) is 8.93. The highest BCUT2D eigenvalue weighted by Gasteiger charge is 2.31. The van der Waals surface area contributed by atoms with Gasteiger partial charge < -0.3 is 14.9 Å². The van der Waals surface area contributed by atoms with Crippen LogP contribution < -0.4 is 5.32 Å². The lowest BCUT2D eigenvalue weighted by atomic mass is 10.00. The molecule has 0 aliphatic carbocycles. The third-order valence-electron chi connectivity index (χ3n) is 5.81. The number of nitrogens with zero attached hydrogens (tertiary/aromatic N) is 6. The minimum atomic E-state index is -3.67. The zero-order chi connectivity index (χ0) is 23.9. The Morgan fingerprint density at radius 2 is 2.15 bits per heavy atom. The molecule has 0 spiro atoms. The highest BCUT2D eigenvalue weighted by atomic mass is 35.5. The van der Waals surface area contributed by atoms with Crippen molar-refractivity contribution < 1.29 is 12.8 Å². The first-order valence-electron chi connectivity index (χ1n) is 10.7. The average molecular weight is 505 g/mol. The van der Waals surface area contributed by atoms with E-state index >= 15 is 0 Å². The Morgan fingerprint density at radius 3 is 2.94 bits per heavy atom. The molecule has 0 bridgehead atoms. The lowest BCUT2D eigenvalue weighted by Crippen LogP contribution is -2.42. The number of nitrogens with one attached hydrogen (secondary N) is 2. The van der Waals surface area contributed by atoms with Crippen molar-refractivity contribution in [2.24, 2.45) is 13.0 Å². The van der Waals surface area contributed by atoms with Gasteiger partial charge in [-0.25, -0.2) is 32.7 Å². The molecule has 2 N–H and O–H groups in total. The first-order chi connectivity index (χ1) is 16.3. The van der Waals surface area contributed by atoms with Gasteiger partial charge >= 0.3 is 0 Å². The molecule has 34 heavy (non-hydrogen) atoms. The van der Waals surface area contributed by atoms with Crippen LogP contribution in [0.2, 0.25) is 5.02 Å². The Kier molecular flexibility index (Phi) is 5.96. The number of fused-ring (bicyclic) bond motifs is 1. The van der Waals surface area contributed by atoms with E-state index in [4.69, 9.17) is 11.6 Å². The van der Waals surface area contributed by atoms with E-state index in [1.807, 2.05) is 0 Å². The third-order valence-corrected chi connectivity index (χ3v) is 7.77. The van der Waals surface area contributed by atoms with Gasteiger partial charge in [0.25, 0.3) is 10.0 Å². The van der Waals surface area contributed by atoms with Crippen LogP contribution in [0.4, 0.5) is 10.2 Å². The number of aromatic amines is 1. The van der Waals surface area contributed by atoms with Crippen LogP contribution in [0.1, 0.15) is 12.8 Å². The van der Waals surface area contributed by atoms with Crippen molar-refractivity contribution in [3.05, 3.63) is 48.0 Å². The van der Waals surface area contributed by atoms with Gasteiger partial charge in [0.15, 0.2) is 22.5 Å². The average Bonchev–Trinajstić information content (AvgIpc) is 3.45. The Hall–Kier alpha value is -3.09. The van der Waals surface area contributed by atoms with Crippen molar-refractivity contribution in [2.75, 3.05) is 25.0 Å². The molecule has 0 radical (unpaired) electrons. The maximum atomic E-state index is 14.5. The first-order valence-corrected chi connectivity index (χ1v) is 12.5. The number of aryl methyl sites for hydroxylation is 1. The molecule has 1 fully saturated rings. The van der Waals surface area contributed by atoms with Crippen molar-refractivity contribution in [3.8, 4) is 11.4 Å². The Bertz CT molecular complexity index is 1450. The van der Waals surface area contributed by atoms with E-state index in [1.54, 1.807) is 23.9 Å². The van der Waals surface area contributed by atoms with E-state index in [0.29, 0.717) is 48.1 Å². The second-order valence-electron chi connectivity index (χ2n) is 8.27. The summed E-state index contributed by atoms with van der Waals surface area (Å²) >= 11 is 6.07. The van der Waals surface area contributed by atoms with Crippen LogP contribution in [0.3, 0.4) is 0 Å². The predicted octanol–water partition coefficient (Wildman–Crippen LogP) is 3.06. The number of sulfonamides is 1. The van der Waals surface area contributed by atoms with E-state index < -0.39 is 15.8 Å². The molecule has 13 heteroatoms. The van der Waals surface area contributed by atoms with E-state index in [9.17, 15) is 12.8 Å². The number of pyridine rings is 1. The summed E-state index contributed by atoms with van der Waals surface area (Å²) in [4.78, 5) is 19.7. The van der Waals surface area contributed by atoms with Crippen LogP contribution in [0, 0.1) is 11.7 Å². The van der Waals surface area contributed by atoms with E-state index in [0.717, 1.165) is 18.0 Å². The lowest BCUT2D eigenvalue weighted by Gasteiger charge is -2.31. The lowest BCUT2D eigenvalue weighted by molar-refractivity contribution is 0.274. The summed E-state index contributed by atoms with van der Waals surface area (Å²) in [5, 5.41) is 4.27. The van der Waals surface area contributed by atoms with Crippen molar-refractivity contribution >= 4 is 38.5 Å². The molecular formula is C21H22ClFN8O2S. The normalized spacial score (nSPS) is 17.3. The maximum absolute atomic E-state index is 14.5. The van der Waals surface area contributed by atoms with Gasteiger partial charge in [-0.05, 0) is 24.8 Å². The molecule has 4 aromatic rings. The van der Waals surface area contributed by atoms with Crippen LogP contribution in [0.5, 0.6) is 0 Å². The summed E-state index contributed by atoms with van der Waals surface area (Å²) in [5.41, 5.74) is 1.27. The van der Waals surface area contributed by atoms with Gasteiger partial charge in [0, 0.05) is 56.2 Å². The van der Waals surface area contributed by atoms with Crippen LogP contribution in [-0.4, -0.2) is 61.8 Å². The fraction of sp³-hybridized carbons (Fsp3) is 0.333. The number of hydrogen-bond acceptors (Lipinski definition) is 7. The Morgan fingerprint density at radius 1 is 1.29 bits per heavy atom. The van der Waals surface area contributed by atoms with Gasteiger partial charge in [0.1, 0.15) is 5.65 Å². The fourth-order valence-corrected chi connectivity index (χ4v) is 5.77. The zero-order valence-electron chi connectivity index (χ0n) is 18.2. The SMILES string of the molecule is Cn1cnc(S(=O)(=O)N2CCC[C@H](CNc3nc(-c4c[nH]c5ncc(Cl)cc45)ncc3F)C2)c1. The minimum absolute atomic E-state index is 0.0128. The van der Waals surface area contributed by atoms with E-state index in [2.05, 4.69) is 30.2 Å². The topological polar surface area (TPSA) is 122 Å². The van der Waals surface area contributed by atoms with Crippen molar-refractivity contribution in [1.82, 2.24) is 33.8 Å². The number of imidazole rings is 1. The quantitative estimate of drug-likeness (QED) is 0.414.